The first-order chi connectivity index (χ1) is 13.1. The zero-order chi connectivity index (χ0) is 18.8. The molecule has 6 nitrogen and oxygen atoms in total. The number of amides is 3. The molecule has 1 aromatic carbocycles. The molecular weight excluding hydrogens is 360 g/mol. The van der Waals surface area contributed by atoms with E-state index in [0.717, 1.165) is 55.6 Å². The van der Waals surface area contributed by atoms with Gasteiger partial charge in [0.25, 0.3) is 0 Å². The third-order valence-corrected chi connectivity index (χ3v) is 6.83. The molecular formula is C20H26N4O2S. The highest BCUT2D eigenvalue weighted by molar-refractivity contribution is 7.18. The van der Waals surface area contributed by atoms with Crippen molar-refractivity contribution in [3.05, 3.63) is 29.3 Å². The van der Waals surface area contributed by atoms with E-state index in [0.29, 0.717) is 0 Å². The van der Waals surface area contributed by atoms with Crippen molar-refractivity contribution < 1.29 is 9.59 Å². The fraction of sp³-hybridized carbons (Fsp3) is 0.550. The van der Waals surface area contributed by atoms with Crippen LogP contribution in [-0.2, 0) is 4.79 Å². The molecule has 27 heavy (non-hydrogen) atoms. The van der Waals surface area contributed by atoms with Gasteiger partial charge in [-0.1, -0.05) is 25.0 Å². The average Bonchev–Trinajstić information content (AvgIpc) is 3.40. The summed E-state index contributed by atoms with van der Waals surface area (Å²) >= 11 is 1.70. The number of likely N-dealkylation sites (tertiary alicyclic amines) is 1. The first-order valence-corrected chi connectivity index (χ1v) is 10.7. The van der Waals surface area contributed by atoms with Crippen molar-refractivity contribution in [2.45, 2.75) is 63.6 Å². The number of urea groups is 1. The fourth-order valence-corrected chi connectivity index (χ4v) is 5.33. The van der Waals surface area contributed by atoms with Crippen LogP contribution in [0, 0.1) is 0 Å². The molecule has 0 bridgehead atoms. The van der Waals surface area contributed by atoms with E-state index < -0.39 is 0 Å². The number of hydrogen-bond acceptors (Lipinski definition) is 5. The number of para-hydroxylation sites is 1. The fourth-order valence-electron chi connectivity index (χ4n) is 4.21. The quantitative estimate of drug-likeness (QED) is 0.842. The maximum absolute atomic E-state index is 12.6. The van der Waals surface area contributed by atoms with Gasteiger partial charge in [-0.3, -0.25) is 15.0 Å². The Balaban J connectivity index is 1.41. The van der Waals surface area contributed by atoms with E-state index in [4.69, 9.17) is 4.98 Å². The number of fused-ring (bicyclic) bond motifs is 1. The number of nitrogens with zero attached hydrogens (tertiary/aromatic N) is 2. The molecule has 144 valence electrons. The van der Waals surface area contributed by atoms with E-state index in [2.05, 4.69) is 21.6 Å². The molecule has 1 aromatic heterocycles. The van der Waals surface area contributed by atoms with E-state index in [1.54, 1.807) is 11.3 Å². The topological polar surface area (TPSA) is 74.3 Å². The average molecular weight is 387 g/mol. The largest absolute Gasteiger partial charge is 0.335 e. The molecule has 2 atom stereocenters. The van der Waals surface area contributed by atoms with Gasteiger partial charge in [-0.2, -0.15) is 0 Å². The van der Waals surface area contributed by atoms with E-state index >= 15 is 0 Å². The molecule has 1 saturated carbocycles. The lowest BCUT2D eigenvalue weighted by atomic mass is 10.2. The van der Waals surface area contributed by atoms with Crippen LogP contribution in [0.2, 0.25) is 0 Å². The van der Waals surface area contributed by atoms with Crippen molar-refractivity contribution in [2.75, 3.05) is 6.54 Å². The van der Waals surface area contributed by atoms with Crippen molar-refractivity contribution in [1.29, 1.82) is 0 Å². The smallest absolute Gasteiger partial charge is 0.321 e. The lowest BCUT2D eigenvalue weighted by molar-refractivity contribution is -0.125. The van der Waals surface area contributed by atoms with Crippen molar-refractivity contribution in [1.82, 2.24) is 20.5 Å². The molecule has 4 rings (SSSR count). The number of aromatic nitrogens is 1. The summed E-state index contributed by atoms with van der Waals surface area (Å²) in [5.74, 6) is -0.237. The van der Waals surface area contributed by atoms with Gasteiger partial charge in [0.1, 0.15) is 5.01 Å². The van der Waals surface area contributed by atoms with Crippen LogP contribution in [0.4, 0.5) is 4.79 Å². The van der Waals surface area contributed by atoms with Gasteiger partial charge in [-0.15, -0.1) is 11.3 Å². The minimum atomic E-state index is -0.366. The summed E-state index contributed by atoms with van der Waals surface area (Å²) in [6, 6.07) is 7.74. The van der Waals surface area contributed by atoms with Crippen LogP contribution < -0.4 is 10.6 Å². The standard InChI is InChI=1S/C20H26N4O2S/c1-13(18(25)23-20(26)21-14-7-2-3-8-14)24-12-6-10-16(24)19-22-15-9-4-5-11-17(15)27-19/h4-5,9,11,13-14,16H,2-3,6-8,10,12H2,1H3,(H2,21,23,25,26). The van der Waals surface area contributed by atoms with Gasteiger partial charge in [0.2, 0.25) is 5.91 Å². The molecule has 1 aliphatic carbocycles. The highest BCUT2D eigenvalue weighted by Gasteiger charge is 2.35. The molecule has 3 amide bonds. The zero-order valence-electron chi connectivity index (χ0n) is 15.6. The van der Waals surface area contributed by atoms with E-state index in [1.807, 2.05) is 25.1 Å². The summed E-state index contributed by atoms with van der Waals surface area (Å²) in [6.07, 6.45) is 6.32. The second kappa shape index (κ2) is 7.94. The normalized spacial score (nSPS) is 22.2. The maximum Gasteiger partial charge on any atom is 0.321 e. The summed E-state index contributed by atoms with van der Waals surface area (Å²) in [7, 11) is 0. The van der Waals surface area contributed by atoms with Crippen LogP contribution in [-0.4, -0.2) is 40.5 Å². The zero-order valence-corrected chi connectivity index (χ0v) is 16.4. The minimum Gasteiger partial charge on any atom is -0.335 e. The van der Waals surface area contributed by atoms with Gasteiger partial charge >= 0.3 is 6.03 Å². The van der Waals surface area contributed by atoms with Gasteiger partial charge in [-0.05, 0) is 51.3 Å². The summed E-state index contributed by atoms with van der Waals surface area (Å²) in [6.45, 7) is 2.73. The molecule has 0 radical (unpaired) electrons. The lowest BCUT2D eigenvalue weighted by Crippen LogP contribution is -2.50. The highest BCUT2D eigenvalue weighted by Crippen LogP contribution is 2.37. The molecule has 2 unspecified atom stereocenters. The monoisotopic (exact) mass is 386 g/mol. The number of imide groups is 1. The second-order valence-electron chi connectivity index (χ2n) is 7.54. The summed E-state index contributed by atoms with van der Waals surface area (Å²) in [5.41, 5.74) is 1.01. The van der Waals surface area contributed by atoms with Crippen molar-refractivity contribution >= 4 is 33.5 Å². The number of hydrogen-bond donors (Lipinski definition) is 2. The Hall–Kier alpha value is -1.99. The van der Waals surface area contributed by atoms with Crippen LogP contribution in [0.3, 0.4) is 0 Å². The molecule has 2 aromatic rings. The number of rotatable bonds is 4. The van der Waals surface area contributed by atoms with Gasteiger partial charge in [0, 0.05) is 6.04 Å². The van der Waals surface area contributed by atoms with Gasteiger partial charge < -0.3 is 5.32 Å². The molecule has 2 heterocycles. The van der Waals surface area contributed by atoms with Crippen LogP contribution in [0.1, 0.15) is 56.5 Å². The Morgan fingerprint density at radius 1 is 1.19 bits per heavy atom. The molecule has 7 heteroatoms. The Bertz CT molecular complexity index is 797. The number of thiazole rings is 1. The lowest BCUT2D eigenvalue weighted by Gasteiger charge is -2.28. The Kier molecular flexibility index (Phi) is 5.41. The van der Waals surface area contributed by atoms with Crippen LogP contribution in [0.5, 0.6) is 0 Å². The first-order valence-electron chi connectivity index (χ1n) is 9.84. The highest BCUT2D eigenvalue weighted by atomic mass is 32.1. The van der Waals surface area contributed by atoms with Crippen LogP contribution in [0.25, 0.3) is 10.2 Å². The third kappa shape index (κ3) is 3.99. The minimum absolute atomic E-state index is 0.140. The van der Waals surface area contributed by atoms with Crippen molar-refractivity contribution in [3.8, 4) is 0 Å². The molecule has 2 aliphatic rings. The maximum atomic E-state index is 12.6. The number of carbonyl (C=O) groups is 2. The molecule has 2 fully saturated rings. The molecule has 1 aliphatic heterocycles. The van der Waals surface area contributed by atoms with E-state index in [1.165, 1.54) is 4.70 Å². The molecule has 2 N–H and O–H groups in total. The molecule has 1 saturated heterocycles. The number of carbonyl (C=O) groups excluding carboxylic acids is 2. The van der Waals surface area contributed by atoms with Gasteiger partial charge in [-0.25, -0.2) is 9.78 Å². The third-order valence-electron chi connectivity index (χ3n) is 5.69. The Labute approximate surface area is 163 Å². The van der Waals surface area contributed by atoms with Crippen molar-refractivity contribution in [3.63, 3.8) is 0 Å². The van der Waals surface area contributed by atoms with E-state index in [-0.39, 0.29) is 30.1 Å². The second-order valence-corrected chi connectivity index (χ2v) is 8.60. The van der Waals surface area contributed by atoms with E-state index in [9.17, 15) is 9.59 Å². The predicted octanol–water partition coefficient (Wildman–Crippen LogP) is 3.59. The molecule has 0 spiro atoms. The number of benzene rings is 1. The predicted molar refractivity (Wildman–Crippen MR) is 107 cm³/mol. The van der Waals surface area contributed by atoms with Crippen molar-refractivity contribution in [2.24, 2.45) is 0 Å². The summed E-state index contributed by atoms with van der Waals surface area (Å²) < 4.78 is 1.17. The SMILES string of the molecule is CC(C(=O)NC(=O)NC1CCCC1)N1CCCC1c1nc2ccccc2s1. The van der Waals surface area contributed by atoms with Gasteiger partial charge in [0.15, 0.2) is 0 Å². The Morgan fingerprint density at radius 2 is 1.96 bits per heavy atom. The summed E-state index contributed by atoms with van der Waals surface area (Å²) in [4.78, 5) is 31.7. The Morgan fingerprint density at radius 3 is 2.74 bits per heavy atom. The van der Waals surface area contributed by atoms with Gasteiger partial charge in [0.05, 0.1) is 22.3 Å². The first kappa shape index (κ1) is 18.4. The van der Waals surface area contributed by atoms with Crippen LogP contribution in [0.15, 0.2) is 24.3 Å². The number of nitrogens with one attached hydrogen (secondary N) is 2. The summed E-state index contributed by atoms with van der Waals surface area (Å²) in [5, 5.41) is 6.51. The van der Waals surface area contributed by atoms with Crippen LogP contribution >= 0.6 is 11.3 Å².